The summed E-state index contributed by atoms with van der Waals surface area (Å²) in [7, 11) is 0. The minimum Gasteiger partial charge on any atom is -0.325 e. The number of halogens is 1. The average Bonchev–Trinajstić information content (AvgIpc) is 3.17. The van der Waals surface area contributed by atoms with Gasteiger partial charge in [0.05, 0.1) is 6.04 Å². The van der Waals surface area contributed by atoms with Crippen LogP contribution in [0.1, 0.15) is 48.8 Å². The second-order valence-electron chi connectivity index (χ2n) is 7.67. The number of hydrogen-bond acceptors (Lipinski definition) is 5. The molecule has 162 valence electrons. The molecule has 0 aliphatic carbocycles. The van der Waals surface area contributed by atoms with Crippen LogP contribution in [-0.4, -0.2) is 26.0 Å². The normalized spacial score (nSPS) is 17.7. The Labute approximate surface area is 191 Å². The smallest absolute Gasteiger partial charge is 0.240 e. The van der Waals surface area contributed by atoms with E-state index in [-0.39, 0.29) is 11.9 Å². The second kappa shape index (κ2) is 9.32. The number of hydrogen-bond donors (Lipinski definition) is 2. The maximum absolute atomic E-state index is 13.4. The van der Waals surface area contributed by atoms with Crippen LogP contribution in [0.2, 0.25) is 5.02 Å². The van der Waals surface area contributed by atoms with Crippen molar-refractivity contribution in [2.45, 2.75) is 56.5 Å². The molecular formula is C23H26ClN5OS. The fourth-order valence-electron chi connectivity index (χ4n) is 3.63. The molecule has 1 aromatic heterocycles. The van der Waals surface area contributed by atoms with Gasteiger partial charge in [-0.1, -0.05) is 67.5 Å². The Balaban J connectivity index is 1.67. The maximum Gasteiger partial charge on any atom is 0.240 e. The van der Waals surface area contributed by atoms with Crippen molar-refractivity contribution < 1.29 is 4.79 Å². The molecule has 0 fully saturated rings. The van der Waals surface area contributed by atoms with Gasteiger partial charge in [0.2, 0.25) is 11.1 Å². The fourth-order valence-corrected chi connectivity index (χ4v) is 4.90. The van der Waals surface area contributed by atoms with Crippen molar-refractivity contribution in [1.29, 1.82) is 0 Å². The van der Waals surface area contributed by atoms with Gasteiger partial charge in [-0.15, -0.1) is 10.2 Å². The number of amides is 1. The number of carbonyl (C=O) groups is 1. The van der Waals surface area contributed by atoms with Crippen molar-refractivity contribution in [2.75, 3.05) is 10.7 Å². The topological polar surface area (TPSA) is 71.8 Å². The molecule has 8 heteroatoms. The minimum absolute atomic E-state index is 0.0984. The molecule has 0 radical (unpaired) electrons. The average molecular weight is 456 g/mol. The molecule has 1 aliphatic heterocycles. The zero-order valence-corrected chi connectivity index (χ0v) is 19.4. The Hall–Kier alpha value is -2.51. The molecule has 1 amide bonds. The number of carbonyl (C=O) groups excluding carboxylic acids is 1. The van der Waals surface area contributed by atoms with E-state index in [0.29, 0.717) is 10.2 Å². The van der Waals surface area contributed by atoms with Crippen LogP contribution in [0.5, 0.6) is 0 Å². The Morgan fingerprint density at radius 2 is 1.97 bits per heavy atom. The number of nitrogens with zero attached hydrogens (tertiary/aromatic N) is 3. The molecule has 2 heterocycles. The summed E-state index contributed by atoms with van der Waals surface area (Å²) in [5.74, 6) is 0.781. The second-order valence-corrected chi connectivity index (χ2v) is 9.22. The summed E-state index contributed by atoms with van der Waals surface area (Å²) >= 11 is 7.58. The summed E-state index contributed by atoms with van der Waals surface area (Å²) in [6.07, 6.45) is 2.76. The molecule has 4 rings (SSSR count). The molecule has 0 saturated carbocycles. The monoisotopic (exact) mass is 455 g/mol. The highest BCUT2D eigenvalue weighted by atomic mass is 35.5. The molecule has 3 aromatic rings. The summed E-state index contributed by atoms with van der Waals surface area (Å²) < 4.78 is 1.93. The number of benzene rings is 2. The predicted molar refractivity (Wildman–Crippen MR) is 126 cm³/mol. The van der Waals surface area contributed by atoms with Crippen LogP contribution in [0.3, 0.4) is 0 Å². The number of aromatic nitrogens is 3. The van der Waals surface area contributed by atoms with Gasteiger partial charge in [-0.3, -0.25) is 4.79 Å². The number of thioether (sulfide) groups is 1. The zero-order chi connectivity index (χ0) is 22.0. The molecule has 2 N–H and O–H groups in total. The van der Waals surface area contributed by atoms with E-state index in [0.717, 1.165) is 41.9 Å². The first kappa shape index (κ1) is 21.7. The molecule has 2 atom stereocenters. The largest absolute Gasteiger partial charge is 0.325 e. The highest BCUT2D eigenvalue weighted by Crippen LogP contribution is 2.38. The van der Waals surface area contributed by atoms with Gasteiger partial charge in [-0.2, -0.15) is 0 Å². The number of rotatable bonds is 6. The number of fused-ring (bicyclic) bond motifs is 1. The van der Waals surface area contributed by atoms with Gasteiger partial charge in [0.25, 0.3) is 0 Å². The van der Waals surface area contributed by atoms with Crippen LogP contribution in [-0.2, 0) is 17.6 Å². The van der Waals surface area contributed by atoms with Crippen LogP contribution < -0.4 is 10.7 Å². The van der Waals surface area contributed by atoms with Gasteiger partial charge < -0.3 is 10.7 Å². The molecule has 0 bridgehead atoms. The van der Waals surface area contributed by atoms with Crippen LogP contribution in [0.4, 0.5) is 5.69 Å². The number of nitrogens with one attached hydrogen (secondary N) is 2. The third kappa shape index (κ3) is 4.57. The quantitative estimate of drug-likeness (QED) is 0.537. The predicted octanol–water partition coefficient (Wildman–Crippen LogP) is 5.15. The van der Waals surface area contributed by atoms with Gasteiger partial charge in [0, 0.05) is 17.1 Å². The van der Waals surface area contributed by atoms with Crippen LogP contribution >= 0.6 is 23.4 Å². The molecule has 0 saturated heterocycles. The summed E-state index contributed by atoms with van der Waals surface area (Å²) in [6.45, 7) is 6.20. The van der Waals surface area contributed by atoms with Crippen molar-refractivity contribution in [3.05, 3.63) is 70.0 Å². The molecule has 31 heavy (non-hydrogen) atoms. The zero-order valence-electron chi connectivity index (χ0n) is 17.9. The Kier molecular flexibility index (Phi) is 6.53. The first-order chi connectivity index (χ1) is 15.0. The van der Waals surface area contributed by atoms with Crippen molar-refractivity contribution in [2.24, 2.45) is 0 Å². The lowest BCUT2D eigenvalue weighted by Crippen LogP contribution is -2.41. The molecule has 6 nitrogen and oxygen atoms in total. The van der Waals surface area contributed by atoms with E-state index in [1.807, 2.05) is 23.7 Å². The van der Waals surface area contributed by atoms with Crippen molar-refractivity contribution in [3.63, 3.8) is 0 Å². The maximum atomic E-state index is 13.4. The van der Waals surface area contributed by atoms with Gasteiger partial charge in [0.15, 0.2) is 5.82 Å². The van der Waals surface area contributed by atoms with Gasteiger partial charge >= 0.3 is 0 Å². The van der Waals surface area contributed by atoms with Crippen LogP contribution in [0.15, 0.2) is 47.6 Å². The molecule has 0 unspecified atom stereocenters. The third-order valence-corrected chi connectivity index (χ3v) is 6.89. The van der Waals surface area contributed by atoms with Gasteiger partial charge in [-0.05, 0) is 48.6 Å². The molecule has 0 spiro atoms. The fraction of sp³-hybridized carbons (Fsp3) is 0.348. The first-order valence-corrected chi connectivity index (χ1v) is 11.8. The van der Waals surface area contributed by atoms with E-state index >= 15 is 0 Å². The summed E-state index contributed by atoms with van der Waals surface area (Å²) in [5.41, 5.74) is 7.51. The number of aryl methyl sites for hydroxylation is 3. The summed E-state index contributed by atoms with van der Waals surface area (Å²) in [4.78, 5) is 13.4. The summed E-state index contributed by atoms with van der Waals surface area (Å²) in [6, 6.07) is 13.7. The lowest BCUT2D eigenvalue weighted by atomic mass is 10.0. The van der Waals surface area contributed by atoms with Crippen molar-refractivity contribution in [3.8, 4) is 0 Å². The Morgan fingerprint density at radius 3 is 2.68 bits per heavy atom. The molecule has 1 aliphatic rings. The van der Waals surface area contributed by atoms with Crippen LogP contribution in [0.25, 0.3) is 0 Å². The molecule has 2 aromatic carbocycles. The van der Waals surface area contributed by atoms with E-state index < -0.39 is 5.25 Å². The Bertz CT molecular complexity index is 1080. The minimum atomic E-state index is -0.419. The lowest BCUT2D eigenvalue weighted by Gasteiger charge is -2.33. The van der Waals surface area contributed by atoms with Crippen molar-refractivity contribution >= 4 is 35.0 Å². The van der Waals surface area contributed by atoms with Gasteiger partial charge in [0.1, 0.15) is 5.25 Å². The number of anilines is 1. The highest BCUT2D eigenvalue weighted by molar-refractivity contribution is 8.00. The van der Waals surface area contributed by atoms with Gasteiger partial charge in [-0.25, -0.2) is 4.68 Å². The standard InChI is InChI=1S/C23H26ClN5OS/c1-4-6-19-26-27-23-29(19)28-20(16-10-8-15(5-2)9-11-16)21(31-23)22(30)25-18-13-17(24)12-7-14(18)3/h7-13,20-21,28H,4-6H2,1-3H3,(H,25,30)/t20-,21-/m0/s1. The highest BCUT2D eigenvalue weighted by Gasteiger charge is 2.37. The van der Waals surface area contributed by atoms with E-state index in [9.17, 15) is 4.79 Å². The lowest BCUT2D eigenvalue weighted by molar-refractivity contribution is -0.116. The van der Waals surface area contributed by atoms with Crippen LogP contribution in [0, 0.1) is 6.92 Å². The van der Waals surface area contributed by atoms with E-state index in [1.165, 1.54) is 17.3 Å². The Morgan fingerprint density at radius 1 is 1.19 bits per heavy atom. The van der Waals surface area contributed by atoms with E-state index in [4.69, 9.17) is 11.6 Å². The summed E-state index contributed by atoms with van der Waals surface area (Å²) in [5, 5.41) is 12.6. The van der Waals surface area contributed by atoms with E-state index in [2.05, 4.69) is 59.1 Å². The molecular weight excluding hydrogens is 430 g/mol. The van der Waals surface area contributed by atoms with Crippen molar-refractivity contribution in [1.82, 2.24) is 14.9 Å². The first-order valence-electron chi connectivity index (χ1n) is 10.5. The van der Waals surface area contributed by atoms with E-state index in [1.54, 1.807) is 6.07 Å². The third-order valence-electron chi connectivity index (χ3n) is 5.44. The SMILES string of the molecule is CCCc1nnc2n1N[C@@H](c1ccc(CC)cc1)[C@@H](C(=O)Nc1cc(Cl)ccc1C)S2.